The van der Waals surface area contributed by atoms with E-state index in [4.69, 9.17) is 10.5 Å². The first-order valence-corrected chi connectivity index (χ1v) is 7.36. The molecule has 0 saturated carbocycles. The van der Waals surface area contributed by atoms with Gasteiger partial charge in [-0.05, 0) is 13.3 Å². The van der Waals surface area contributed by atoms with Crippen LogP contribution in [-0.4, -0.2) is 53.1 Å². The van der Waals surface area contributed by atoms with E-state index in [1.807, 2.05) is 11.8 Å². The number of carbonyl (C=O) groups excluding carboxylic acids is 1. The van der Waals surface area contributed by atoms with Crippen LogP contribution < -0.4 is 11.1 Å². The normalized spacial score (nSPS) is 16.6. The van der Waals surface area contributed by atoms with Gasteiger partial charge < -0.3 is 20.7 Å². The first kappa shape index (κ1) is 15.5. The van der Waals surface area contributed by atoms with E-state index in [1.165, 1.54) is 6.33 Å². The van der Waals surface area contributed by atoms with Gasteiger partial charge >= 0.3 is 0 Å². The maximum Gasteiger partial charge on any atom is 0.244 e. The Morgan fingerprint density at radius 3 is 2.86 bits per heavy atom. The van der Waals surface area contributed by atoms with E-state index in [0.29, 0.717) is 37.9 Å². The Balaban J connectivity index is 2.06. The number of hydrogen-bond acceptors (Lipinski definition) is 6. The Bertz CT molecular complexity index is 488. The van der Waals surface area contributed by atoms with E-state index >= 15 is 0 Å². The summed E-state index contributed by atoms with van der Waals surface area (Å²) in [5.74, 6) is 1.18. The van der Waals surface area contributed by atoms with Gasteiger partial charge in [-0.15, -0.1) is 0 Å². The van der Waals surface area contributed by atoms with Crippen molar-refractivity contribution in [3.05, 3.63) is 11.9 Å². The first-order valence-electron chi connectivity index (χ1n) is 7.36. The van der Waals surface area contributed by atoms with Crippen LogP contribution in [0.1, 0.15) is 25.8 Å². The van der Waals surface area contributed by atoms with Gasteiger partial charge in [-0.25, -0.2) is 9.97 Å². The van der Waals surface area contributed by atoms with Crippen LogP contribution in [0.5, 0.6) is 0 Å². The van der Waals surface area contributed by atoms with Gasteiger partial charge in [-0.2, -0.15) is 0 Å². The van der Waals surface area contributed by atoms with Crippen LogP contribution in [0, 0.1) is 0 Å². The molecule has 0 radical (unpaired) electrons. The Hall–Kier alpha value is -1.89. The highest BCUT2D eigenvalue weighted by Crippen LogP contribution is 2.20. The van der Waals surface area contributed by atoms with Gasteiger partial charge in [-0.1, -0.05) is 13.3 Å². The van der Waals surface area contributed by atoms with Crippen LogP contribution in [-0.2, 0) is 16.0 Å². The SMILES string of the molecule is CCCc1c(N)ncnc1NC(C)C(=O)N1CCOCC1. The minimum Gasteiger partial charge on any atom is -0.383 e. The van der Waals surface area contributed by atoms with Crippen LogP contribution in [0.4, 0.5) is 11.6 Å². The highest BCUT2D eigenvalue weighted by atomic mass is 16.5. The number of rotatable bonds is 5. The van der Waals surface area contributed by atoms with Crippen molar-refractivity contribution >= 4 is 17.5 Å². The van der Waals surface area contributed by atoms with Crippen molar-refractivity contribution in [3.63, 3.8) is 0 Å². The smallest absolute Gasteiger partial charge is 0.244 e. The van der Waals surface area contributed by atoms with Crippen molar-refractivity contribution < 1.29 is 9.53 Å². The molecule has 0 spiro atoms. The molecule has 1 aromatic heterocycles. The standard InChI is InChI=1S/C14H23N5O2/c1-3-4-11-12(15)16-9-17-13(11)18-10(2)14(20)19-5-7-21-8-6-19/h9-10H,3-8H2,1-2H3,(H3,15,16,17,18). The summed E-state index contributed by atoms with van der Waals surface area (Å²) >= 11 is 0. The maximum atomic E-state index is 12.4. The highest BCUT2D eigenvalue weighted by Gasteiger charge is 2.23. The van der Waals surface area contributed by atoms with Crippen molar-refractivity contribution in [1.29, 1.82) is 0 Å². The summed E-state index contributed by atoms with van der Waals surface area (Å²) in [7, 11) is 0. The van der Waals surface area contributed by atoms with E-state index in [0.717, 1.165) is 18.4 Å². The van der Waals surface area contributed by atoms with Crippen LogP contribution in [0.3, 0.4) is 0 Å². The molecule has 1 saturated heterocycles. The number of nitrogens with two attached hydrogens (primary N) is 1. The zero-order chi connectivity index (χ0) is 15.2. The monoisotopic (exact) mass is 293 g/mol. The number of morpholine rings is 1. The molecule has 7 nitrogen and oxygen atoms in total. The number of aromatic nitrogens is 2. The fraction of sp³-hybridized carbons (Fsp3) is 0.643. The lowest BCUT2D eigenvalue weighted by Gasteiger charge is -2.29. The average Bonchev–Trinajstić information content (AvgIpc) is 2.51. The molecule has 2 rings (SSSR count). The molecule has 1 aliphatic rings. The Labute approximate surface area is 124 Å². The van der Waals surface area contributed by atoms with Gasteiger partial charge in [0.1, 0.15) is 24.0 Å². The predicted molar refractivity (Wildman–Crippen MR) is 80.9 cm³/mol. The van der Waals surface area contributed by atoms with Gasteiger partial charge in [0, 0.05) is 18.7 Å². The molecule has 3 N–H and O–H groups in total. The van der Waals surface area contributed by atoms with Crippen molar-refractivity contribution in [2.45, 2.75) is 32.7 Å². The van der Waals surface area contributed by atoms with E-state index in [1.54, 1.807) is 0 Å². The summed E-state index contributed by atoms with van der Waals surface area (Å²) in [6.45, 7) is 6.38. The average molecular weight is 293 g/mol. The number of amides is 1. The van der Waals surface area contributed by atoms with Gasteiger partial charge in [0.2, 0.25) is 5.91 Å². The Morgan fingerprint density at radius 2 is 2.19 bits per heavy atom. The lowest BCUT2D eigenvalue weighted by Crippen LogP contribution is -2.47. The number of hydrogen-bond donors (Lipinski definition) is 2. The third-order valence-corrected chi connectivity index (χ3v) is 3.53. The number of nitrogens with zero attached hydrogens (tertiary/aromatic N) is 3. The molecule has 1 atom stereocenters. The topological polar surface area (TPSA) is 93.4 Å². The molecule has 1 unspecified atom stereocenters. The zero-order valence-electron chi connectivity index (χ0n) is 12.6. The third-order valence-electron chi connectivity index (χ3n) is 3.53. The number of carbonyl (C=O) groups is 1. The van der Waals surface area contributed by atoms with E-state index in [9.17, 15) is 4.79 Å². The fourth-order valence-electron chi connectivity index (χ4n) is 2.37. The number of ether oxygens (including phenoxy) is 1. The molecule has 21 heavy (non-hydrogen) atoms. The molecule has 1 amide bonds. The van der Waals surface area contributed by atoms with Crippen molar-refractivity contribution in [2.24, 2.45) is 0 Å². The molecule has 1 fully saturated rings. The van der Waals surface area contributed by atoms with E-state index in [2.05, 4.69) is 22.2 Å². The third kappa shape index (κ3) is 3.81. The van der Waals surface area contributed by atoms with E-state index in [-0.39, 0.29) is 11.9 Å². The molecule has 2 heterocycles. The largest absolute Gasteiger partial charge is 0.383 e. The molecule has 0 bridgehead atoms. The second kappa shape index (κ2) is 7.21. The summed E-state index contributed by atoms with van der Waals surface area (Å²) in [6, 6.07) is -0.354. The molecule has 116 valence electrons. The molecule has 0 aliphatic carbocycles. The summed E-state index contributed by atoms with van der Waals surface area (Å²) in [5, 5.41) is 3.17. The van der Waals surface area contributed by atoms with Crippen molar-refractivity contribution in [1.82, 2.24) is 14.9 Å². The molecular weight excluding hydrogens is 270 g/mol. The minimum atomic E-state index is -0.354. The van der Waals surface area contributed by atoms with Crippen LogP contribution in [0.15, 0.2) is 6.33 Å². The van der Waals surface area contributed by atoms with Crippen LogP contribution in [0.25, 0.3) is 0 Å². The molecule has 7 heteroatoms. The van der Waals surface area contributed by atoms with Gasteiger partial charge in [0.15, 0.2) is 0 Å². The quantitative estimate of drug-likeness (QED) is 0.829. The van der Waals surface area contributed by atoms with Crippen molar-refractivity contribution in [2.75, 3.05) is 37.4 Å². The van der Waals surface area contributed by atoms with Gasteiger partial charge in [0.05, 0.1) is 13.2 Å². The Morgan fingerprint density at radius 1 is 1.48 bits per heavy atom. The number of anilines is 2. The minimum absolute atomic E-state index is 0.0536. The van der Waals surface area contributed by atoms with Crippen LogP contribution in [0.2, 0.25) is 0 Å². The van der Waals surface area contributed by atoms with Crippen molar-refractivity contribution in [3.8, 4) is 0 Å². The summed E-state index contributed by atoms with van der Waals surface area (Å²) < 4.78 is 5.26. The summed E-state index contributed by atoms with van der Waals surface area (Å²) in [6.07, 6.45) is 3.15. The second-order valence-corrected chi connectivity index (χ2v) is 5.14. The van der Waals surface area contributed by atoms with Gasteiger partial charge in [0.25, 0.3) is 0 Å². The highest BCUT2D eigenvalue weighted by molar-refractivity contribution is 5.84. The van der Waals surface area contributed by atoms with Gasteiger partial charge in [-0.3, -0.25) is 4.79 Å². The molecule has 0 aromatic carbocycles. The molecular formula is C14H23N5O2. The lowest BCUT2D eigenvalue weighted by atomic mass is 10.1. The van der Waals surface area contributed by atoms with E-state index < -0.39 is 0 Å². The first-order chi connectivity index (χ1) is 10.1. The second-order valence-electron chi connectivity index (χ2n) is 5.14. The molecule has 1 aliphatic heterocycles. The van der Waals surface area contributed by atoms with Crippen LogP contribution >= 0.6 is 0 Å². The number of nitrogen functional groups attached to an aromatic ring is 1. The predicted octanol–water partition coefficient (Wildman–Crippen LogP) is 0.671. The number of nitrogens with one attached hydrogen (secondary N) is 1. The summed E-state index contributed by atoms with van der Waals surface area (Å²) in [4.78, 5) is 22.4. The zero-order valence-corrected chi connectivity index (χ0v) is 12.6. The molecule has 1 aromatic rings. The fourth-order valence-corrected chi connectivity index (χ4v) is 2.37. The maximum absolute atomic E-state index is 12.4. The lowest BCUT2D eigenvalue weighted by molar-refractivity contribution is -0.135. The summed E-state index contributed by atoms with van der Waals surface area (Å²) in [5.41, 5.74) is 6.78. The Kier molecular flexibility index (Phi) is 5.32.